The van der Waals surface area contributed by atoms with Gasteiger partial charge in [-0.2, -0.15) is 0 Å². The Morgan fingerprint density at radius 2 is 1.93 bits per heavy atom. The van der Waals surface area contributed by atoms with E-state index in [-0.39, 0.29) is 11.9 Å². The molecule has 3 rings (SSSR count). The summed E-state index contributed by atoms with van der Waals surface area (Å²) in [6.45, 7) is 4.90. The quantitative estimate of drug-likeness (QED) is 0.573. The highest BCUT2D eigenvalue weighted by Gasteiger charge is 2.14. The summed E-state index contributed by atoms with van der Waals surface area (Å²) in [6.07, 6.45) is 2.54. The lowest BCUT2D eigenvalue weighted by atomic mass is 10.1. The molecule has 2 aromatic rings. The first-order valence-corrected chi connectivity index (χ1v) is 10.3. The molecule has 0 aromatic heterocycles. The second kappa shape index (κ2) is 9.63. The lowest BCUT2D eigenvalue weighted by Gasteiger charge is -2.22. The van der Waals surface area contributed by atoms with Gasteiger partial charge in [-0.25, -0.2) is 4.39 Å². The van der Waals surface area contributed by atoms with Gasteiger partial charge in [0.05, 0.1) is 11.7 Å². The van der Waals surface area contributed by atoms with E-state index in [1.54, 1.807) is 24.1 Å². The van der Waals surface area contributed by atoms with Gasteiger partial charge >= 0.3 is 0 Å². The normalized spacial score (nSPS) is 15.3. The molecule has 1 atom stereocenters. The summed E-state index contributed by atoms with van der Waals surface area (Å²) in [7, 11) is 5.42. The second-order valence-electron chi connectivity index (χ2n) is 7.76. The number of aliphatic imine (C=N–C) groups is 1. The average molecular weight is 398 g/mol. The number of nitrogens with one attached hydrogen (secondary N) is 2. The van der Waals surface area contributed by atoms with Crippen molar-refractivity contribution < 1.29 is 4.39 Å². The summed E-state index contributed by atoms with van der Waals surface area (Å²) in [5.74, 6) is 0.477. The highest BCUT2D eigenvalue weighted by atomic mass is 19.1. The van der Waals surface area contributed by atoms with E-state index in [1.165, 1.54) is 24.1 Å². The number of nitrogens with zero attached hydrogens (tertiary/aromatic N) is 3. The van der Waals surface area contributed by atoms with Crippen LogP contribution < -0.4 is 20.4 Å². The van der Waals surface area contributed by atoms with Crippen LogP contribution in [0, 0.1) is 5.82 Å². The van der Waals surface area contributed by atoms with E-state index < -0.39 is 0 Å². The fourth-order valence-corrected chi connectivity index (χ4v) is 3.66. The Morgan fingerprint density at radius 3 is 2.59 bits per heavy atom. The van der Waals surface area contributed by atoms with Crippen molar-refractivity contribution in [3.05, 3.63) is 59.4 Å². The molecule has 0 amide bonds. The van der Waals surface area contributed by atoms with Crippen molar-refractivity contribution in [2.24, 2.45) is 4.99 Å². The summed E-state index contributed by atoms with van der Waals surface area (Å²) in [5, 5.41) is 6.71. The number of anilines is 2. The molecule has 2 aromatic carbocycles. The zero-order valence-electron chi connectivity index (χ0n) is 17.9. The van der Waals surface area contributed by atoms with Crippen LogP contribution in [0.5, 0.6) is 0 Å². The van der Waals surface area contributed by atoms with Gasteiger partial charge in [0.25, 0.3) is 0 Å². The monoisotopic (exact) mass is 397 g/mol. The van der Waals surface area contributed by atoms with Crippen LogP contribution in [0.2, 0.25) is 0 Å². The van der Waals surface area contributed by atoms with Crippen molar-refractivity contribution >= 4 is 17.3 Å². The van der Waals surface area contributed by atoms with Crippen molar-refractivity contribution in [1.82, 2.24) is 10.6 Å². The van der Waals surface area contributed by atoms with Gasteiger partial charge in [-0.1, -0.05) is 18.2 Å². The molecule has 0 spiro atoms. The molecule has 2 N–H and O–H groups in total. The van der Waals surface area contributed by atoms with Gasteiger partial charge < -0.3 is 20.4 Å². The first-order chi connectivity index (χ1) is 14.0. The fraction of sp³-hybridized carbons (Fsp3) is 0.435. The average Bonchev–Trinajstić information content (AvgIpc) is 3.25. The van der Waals surface area contributed by atoms with E-state index >= 15 is 0 Å². The maximum atomic E-state index is 14.2. The molecule has 1 fully saturated rings. The molecule has 1 aliphatic heterocycles. The lowest BCUT2D eigenvalue weighted by molar-refractivity contribution is 0.622. The van der Waals surface area contributed by atoms with E-state index in [0.29, 0.717) is 18.2 Å². The minimum absolute atomic E-state index is 0.108. The van der Waals surface area contributed by atoms with Gasteiger partial charge in [0.2, 0.25) is 0 Å². The zero-order chi connectivity index (χ0) is 20.8. The Morgan fingerprint density at radius 1 is 1.17 bits per heavy atom. The van der Waals surface area contributed by atoms with Crippen molar-refractivity contribution in [2.75, 3.05) is 44.0 Å². The Hall–Kier alpha value is -2.76. The summed E-state index contributed by atoms with van der Waals surface area (Å²) in [4.78, 5) is 8.53. The number of rotatable bonds is 6. The Kier molecular flexibility index (Phi) is 6.96. The summed E-state index contributed by atoms with van der Waals surface area (Å²) < 4.78 is 14.2. The maximum Gasteiger partial charge on any atom is 0.191 e. The number of hydrogen-bond donors (Lipinski definition) is 2. The van der Waals surface area contributed by atoms with Crippen LogP contribution in [0.25, 0.3) is 0 Å². The molecule has 29 heavy (non-hydrogen) atoms. The van der Waals surface area contributed by atoms with E-state index in [4.69, 9.17) is 0 Å². The minimum Gasteiger partial charge on any atom is -0.375 e. The molecule has 0 bridgehead atoms. The van der Waals surface area contributed by atoms with E-state index in [2.05, 4.69) is 51.7 Å². The number of halogens is 1. The molecule has 0 radical (unpaired) electrons. The summed E-state index contributed by atoms with van der Waals surface area (Å²) in [5.41, 5.74) is 3.97. The number of guanidine groups is 1. The van der Waals surface area contributed by atoms with E-state index in [1.807, 2.05) is 20.2 Å². The first kappa shape index (κ1) is 21.0. The Bertz CT molecular complexity index is 843. The highest BCUT2D eigenvalue weighted by molar-refractivity contribution is 5.80. The summed E-state index contributed by atoms with van der Waals surface area (Å²) >= 11 is 0. The van der Waals surface area contributed by atoms with Gasteiger partial charge in [0.1, 0.15) is 5.82 Å². The maximum absolute atomic E-state index is 14.2. The topological polar surface area (TPSA) is 42.9 Å². The van der Waals surface area contributed by atoms with Crippen molar-refractivity contribution in [3.63, 3.8) is 0 Å². The van der Waals surface area contributed by atoms with Crippen LogP contribution in [-0.4, -0.2) is 40.2 Å². The third-order valence-corrected chi connectivity index (χ3v) is 5.37. The number of hydrogen-bond acceptors (Lipinski definition) is 3. The van der Waals surface area contributed by atoms with Crippen molar-refractivity contribution in [3.8, 4) is 0 Å². The van der Waals surface area contributed by atoms with Crippen LogP contribution in [-0.2, 0) is 6.54 Å². The smallest absolute Gasteiger partial charge is 0.191 e. The highest BCUT2D eigenvalue weighted by Crippen LogP contribution is 2.24. The van der Waals surface area contributed by atoms with E-state index in [0.717, 1.165) is 18.7 Å². The largest absolute Gasteiger partial charge is 0.375 e. The predicted molar refractivity (Wildman–Crippen MR) is 120 cm³/mol. The van der Waals surface area contributed by atoms with Gasteiger partial charge in [0, 0.05) is 46.5 Å². The number of benzene rings is 2. The molecule has 1 unspecified atom stereocenters. The molecular formula is C23H32FN5. The zero-order valence-corrected chi connectivity index (χ0v) is 17.9. The Balaban J connectivity index is 1.60. The fourth-order valence-electron chi connectivity index (χ4n) is 3.66. The molecule has 0 aliphatic carbocycles. The second-order valence-corrected chi connectivity index (χ2v) is 7.76. The summed E-state index contributed by atoms with van der Waals surface area (Å²) in [6, 6.07) is 14.1. The predicted octanol–water partition coefficient (Wildman–Crippen LogP) is 3.92. The molecular weight excluding hydrogens is 365 g/mol. The van der Waals surface area contributed by atoms with Crippen LogP contribution in [0.1, 0.15) is 36.9 Å². The van der Waals surface area contributed by atoms with Crippen LogP contribution >= 0.6 is 0 Å². The first-order valence-electron chi connectivity index (χ1n) is 10.3. The third kappa shape index (κ3) is 5.40. The molecule has 6 heteroatoms. The molecule has 1 aliphatic rings. The molecule has 1 saturated heterocycles. The van der Waals surface area contributed by atoms with Crippen LogP contribution in [0.4, 0.5) is 15.8 Å². The molecule has 1 heterocycles. The van der Waals surface area contributed by atoms with Crippen molar-refractivity contribution in [1.29, 1.82) is 0 Å². The van der Waals surface area contributed by atoms with E-state index in [9.17, 15) is 4.39 Å². The molecule has 156 valence electrons. The van der Waals surface area contributed by atoms with Crippen LogP contribution in [0.15, 0.2) is 47.5 Å². The van der Waals surface area contributed by atoms with Gasteiger partial charge in [0.15, 0.2) is 5.96 Å². The Labute approximate surface area is 173 Å². The van der Waals surface area contributed by atoms with Crippen molar-refractivity contribution in [2.45, 2.75) is 32.4 Å². The third-order valence-electron chi connectivity index (χ3n) is 5.37. The van der Waals surface area contributed by atoms with Gasteiger partial charge in [-0.05, 0) is 55.2 Å². The lowest BCUT2D eigenvalue weighted by Crippen LogP contribution is -2.38. The van der Waals surface area contributed by atoms with Gasteiger partial charge in [-0.15, -0.1) is 0 Å². The molecule has 0 saturated carbocycles. The van der Waals surface area contributed by atoms with Crippen LogP contribution in [0.3, 0.4) is 0 Å². The minimum atomic E-state index is -0.218. The standard InChI is InChI=1S/C23H32FN5/c1-17(19-8-7-9-20(15-19)29-12-5-6-13-29)27-23(25-2)26-16-18-10-11-22(28(3)4)21(24)14-18/h7-11,14-15,17H,5-6,12-13,16H2,1-4H3,(H2,25,26,27). The SMILES string of the molecule is CN=C(NCc1ccc(N(C)C)c(F)c1)NC(C)c1cccc(N2CCCC2)c1. The van der Waals surface area contributed by atoms with Gasteiger partial charge in [-0.3, -0.25) is 4.99 Å². The molecule has 5 nitrogen and oxygen atoms in total.